The van der Waals surface area contributed by atoms with E-state index in [-0.39, 0.29) is 0 Å². The van der Waals surface area contributed by atoms with Gasteiger partial charge in [0, 0.05) is 23.4 Å². The predicted octanol–water partition coefficient (Wildman–Crippen LogP) is 4.46. The van der Waals surface area contributed by atoms with Crippen molar-refractivity contribution in [3.63, 3.8) is 0 Å². The van der Waals surface area contributed by atoms with Gasteiger partial charge in [-0.25, -0.2) is 0 Å². The van der Waals surface area contributed by atoms with Crippen LogP contribution in [0.2, 0.25) is 5.02 Å². The molecule has 3 rings (SSSR count). The zero-order valence-electron chi connectivity index (χ0n) is 16.0. The molecule has 0 amide bonds. The summed E-state index contributed by atoms with van der Waals surface area (Å²) < 4.78 is 19.4. The third-order valence-corrected chi connectivity index (χ3v) is 4.32. The smallest absolute Gasteiger partial charge is 0.167 e. The molecule has 0 aliphatic carbocycles. The number of nitrogens with zero attached hydrogens (tertiary/aromatic N) is 3. The van der Waals surface area contributed by atoms with Crippen molar-refractivity contribution in [2.45, 2.75) is 39.9 Å². The Balaban J connectivity index is 1.70. The van der Waals surface area contributed by atoms with E-state index in [0.29, 0.717) is 24.8 Å². The lowest BCUT2D eigenvalue weighted by atomic mass is 10.1. The van der Waals surface area contributed by atoms with Crippen molar-refractivity contribution in [2.75, 3.05) is 13.2 Å². The number of aromatic nitrogens is 3. The van der Waals surface area contributed by atoms with E-state index in [1.165, 1.54) is 0 Å². The third-order valence-electron chi connectivity index (χ3n) is 4.06. The van der Waals surface area contributed by atoms with E-state index in [4.69, 9.17) is 25.8 Å². The van der Waals surface area contributed by atoms with Crippen LogP contribution in [0, 0.1) is 6.92 Å². The van der Waals surface area contributed by atoms with Gasteiger partial charge in [-0.1, -0.05) is 11.6 Å². The zero-order valence-corrected chi connectivity index (χ0v) is 16.8. The van der Waals surface area contributed by atoms with Gasteiger partial charge in [0.1, 0.15) is 30.3 Å². The van der Waals surface area contributed by atoms with E-state index in [2.05, 4.69) is 10.2 Å². The van der Waals surface area contributed by atoms with E-state index in [1.54, 1.807) is 12.1 Å². The van der Waals surface area contributed by atoms with Crippen molar-refractivity contribution in [2.24, 2.45) is 0 Å². The van der Waals surface area contributed by atoms with Crippen LogP contribution in [0.4, 0.5) is 0 Å². The largest absolute Gasteiger partial charge is 0.489 e. The molecule has 0 atom stereocenters. The second kappa shape index (κ2) is 8.15. The topological polar surface area (TPSA) is 57.9 Å². The maximum atomic E-state index is 6.03. The van der Waals surface area contributed by atoms with E-state index in [1.807, 2.05) is 56.5 Å². The SMILES string of the molecule is CCOCc1nnc2c(C)c(OCC(C)(C)Oc3ccc(Cl)cc3)ccn12. The van der Waals surface area contributed by atoms with Crippen LogP contribution < -0.4 is 9.47 Å². The number of hydrogen-bond acceptors (Lipinski definition) is 5. The number of ether oxygens (including phenoxy) is 3. The standard InChI is InChI=1S/C20H24ClN3O3/c1-5-25-12-18-22-23-19-14(2)17(10-11-24(18)19)26-13-20(3,4)27-16-8-6-15(21)7-9-16/h6-11H,5,12-13H2,1-4H3. The number of aryl methyl sites for hydroxylation is 1. The highest BCUT2D eigenvalue weighted by Gasteiger charge is 2.22. The molecule has 2 aromatic heterocycles. The number of pyridine rings is 1. The minimum absolute atomic E-state index is 0.382. The van der Waals surface area contributed by atoms with Crippen LogP contribution in [0.3, 0.4) is 0 Å². The van der Waals surface area contributed by atoms with Gasteiger partial charge >= 0.3 is 0 Å². The molecule has 0 saturated carbocycles. The summed E-state index contributed by atoms with van der Waals surface area (Å²) in [7, 11) is 0. The van der Waals surface area contributed by atoms with Crippen molar-refractivity contribution < 1.29 is 14.2 Å². The Morgan fingerprint density at radius 1 is 1.11 bits per heavy atom. The summed E-state index contributed by atoms with van der Waals surface area (Å²) in [5, 5.41) is 9.14. The Morgan fingerprint density at radius 3 is 2.56 bits per heavy atom. The highest BCUT2D eigenvalue weighted by molar-refractivity contribution is 6.30. The minimum Gasteiger partial charge on any atom is -0.489 e. The molecule has 0 aliphatic rings. The van der Waals surface area contributed by atoms with Crippen LogP contribution in [0.1, 0.15) is 32.2 Å². The Bertz CT molecular complexity index is 907. The zero-order chi connectivity index (χ0) is 19.4. The summed E-state index contributed by atoms with van der Waals surface area (Å²) in [6, 6.07) is 9.21. The molecule has 7 heteroatoms. The molecule has 0 saturated heterocycles. The summed E-state index contributed by atoms with van der Waals surface area (Å²) in [5.74, 6) is 2.27. The van der Waals surface area contributed by atoms with Crippen molar-refractivity contribution >= 4 is 17.2 Å². The highest BCUT2D eigenvalue weighted by Crippen LogP contribution is 2.25. The Morgan fingerprint density at radius 2 is 1.85 bits per heavy atom. The molecule has 0 fully saturated rings. The average Bonchev–Trinajstić information content (AvgIpc) is 3.05. The van der Waals surface area contributed by atoms with E-state index < -0.39 is 5.60 Å². The molecular formula is C20H24ClN3O3. The quantitative estimate of drug-likeness (QED) is 0.569. The molecular weight excluding hydrogens is 366 g/mol. The molecule has 2 heterocycles. The van der Waals surface area contributed by atoms with Gasteiger partial charge in [0.05, 0.1) is 0 Å². The van der Waals surface area contributed by atoms with Gasteiger partial charge in [-0.2, -0.15) is 0 Å². The highest BCUT2D eigenvalue weighted by atomic mass is 35.5. The molecule has 0 radical (unpaired) electrons. The maximum absolute atomic E-state index is 6.03. The van der Waals surface area contributed by atoms with E-state index in [0.717, 1.165) is 28.5 Å². The Kier molecular flexibility index (Phi) is 5.87. The normalized spacial score (nSPS) is 11.7. The molecule has 0 aliphatic heterocycles. The summed E-state index contributed by atoms with van der Waals surface area (Å²) >= 11 is 5.92. The van der Waals surface area contributed by atoms with E-state index in [9.17, 15) is 0 Å². The van der Waals surface area contributed by atoms with Gasteiger partial charge in [-0.15, -0.1) is 10.2 Å². The second-order valence-electron chi connectivity index (χ2n) is 6.86. The summed E-state index contributed by atoms with van der Waals surface area (Å²) in [6.07, 6.45) is 1.90. The molecule has 3 aromatic rings. The van der Waals surface area contributed by atoms with Crippen molar-refractivity contribution in [3.05, 3.63) is 52.9 Å². The van der Waals surface area contributed by atoms with Gasteiger partial charge in [-0.3, -0.25) is 4.40 Å². The lowest BCUT2D eigenvalue weighted by Crippen LogP contribution is -2.35. The van der Waals surface area contributed by atoms with Gasteiger partial charge in [-0.05, 0) is 58.0 Å². The first-order valence-corrected chi connectivity index (χ1v) is 9.26. The van der Waals surface area contributed by atoms with Gasteiger partial charge in [0.15, 0.2) is 11.5 Å². The van der Waals surface area contributed by atoms with Crippen LogP contribution in [-0.2, 0) is 11.3 Å². The predicted molar refractivity (Wildman–Crippen MR) is 105 cm³/mol. The first-order valence-electron chi connectivity index (χ1n) is 8.88. The lowest BCUT2D eigenvalue weighted by molar-refractivity contribution is 0.0518. The Hall–Kier alpha value is -2.31. The number of rotatable bonds is 8. The number of benzene rings is 1. The monoisotopic (exact) mass is 389 g/mol. The van der Waals surface area contributed by atoms with Gasteiger partial charge in [0.2, 0.25) is 0 Å². The summed E-state index contributed by atoms with van der Waals surface area (Å²) in [5.41, 5.74) is 1.17. The molecule has 6 nitrogen and oxygen atoms in total. The molecule has 144 valence electrons. The van der Waals surface area contributed by atoms with Gasteiger partial charge in [0.25, 0.3) is 0 Å². The van der Waals surface area contributed by atoms with E-state index >= 15 is 0 Å². The molecule has 1 aromatic carbocycles. The molecule has 0 bridgehead atoms. The number of fused-ring (bicyclic) bond motifs is 1. The van der Waals surface area contributed by atoms with Crippen LogP contribution >= 0.6 is 11.6 Å². The molecule has 0 spiro atoms. The first kappa shape index (κ1) is 19.5. The maximum Gasteiger partial charge on any atom is 0.167 e. The Labute approximate surface area is 164 Å². The molecule has 0 N–H and O–H groups in total. The first-order chi connectivity index (χ1) is 12.9. The lowest BCUT2D eigenvalue weighted by Gasteiger charge is -2.27. The number of hydrogen-bond donors (Lipinski definition) is 0. The van der Waals surface area contributed by atoms with Crippen LogP contribution in [-0.4, -0.2) is 33.4 Å². The molecule has 0 unspecified atom stereocenters. The molecule has 27 heavy (non-hydrogen) atoms. The summed E-state index contributed by atoms with van der Waals surface area (Å²) in [6.45, 7) is 9.33. The fourth-order valence-corrected chi connectivity index (χ4v) is 2.79. The minimum atomic E-state index is -0.514. The van der Waals surface area contributed by atoms with Crippen molar-refractivity contribution in [1.29, 1.82) is 0 Å². The fraction of sp³-hybridized carbons (Fsp3) is 0.400. The fourth-order valence-electron chi connectivity index (χ4n) is 2.66. The summed E-state index contributed by atoms with van der Waals surface area (Å²) in [4.78, 5) is 0. The van der Waals surface area contributed by atoms with Crippen molar-refractivity contribution in [1.82, 2.24) is 14.6 Å². The number of halogens is 1. The third kappa shape index (κ3) is 4.70. The van der Waals surface area contributed by atoms with Crippen LogP contribution in [0.15, 0.2) is 36.5 Å². The van der Waals surface area contributed by atoms with Gasteiger partial charge < -0.3 is 14.2 Å². The second-order valence-corrected chi connectivity index (χ2v) is 7.29. The van der Waals surface area contributed by atoms with Crippen molar-refractivity contribution in [3.8, 4) is 11.5 Å². The average molecular weight is 390 g/mol. The van der Waals surface area contributed by atoms with Crippen LogP contribution in [0.5, 0.6) is 11.5 Å². The van der Waals surface area contributed by atoms with Crippen LogP contribution in [0.25, 0.3) is 5.65 Å².